The van der Waals surface area contributed by atoms with Gasteiger partial charge in [0.05, 0.1) is 13.3 Å². The molecule has 2 heteroatoms. The van der Waals surface area contributed by atoms with Gasteiger partial charge in [0.2, 0.25) is 0 Å². The summed E-state index contributed by atoms with van der Waals surface area (Å²) in [5.74, 6) is 0.815. The highest BCUT2D eigenvalue weighted by Gasteiger charge is 1.88. The Hall–Kier alpha value is -1.05. The fourth-order valence-electron chi connectivity index (χ4n) is 0.639. The highest BCUT2D eigenvalue weighted by Crippen LogP contribution is 2.07. The maximum Gasteiger partial charge on any atom is 0.137 e. The van der Waals surface area contributed by atoms with Gasteiger partial charge in [-0.1, -0.05) is 13.8 Å². The van der Waals surface area contributed by atoms with E-state index in [0.717, 1.165) is 11.3 Å². The minimum atomic E-state index is 0.815. The quantitative estimate of drug-likeness (QED) is 0.618. The molecule has 0 aliphatic carbocycles. The van der Waals surface area contributed by atoms with Crippen molar-refractivity contribution in [3.63, 3.8) is 0 Å². The Kier molecular flexibility index (Phi) is 5.17. The average molecular weight is 153 g/mol. The maximum atomic E-state index is 4.93. The summed E-state index contributed by atoms with van der Waals surface area (Å²) in [6.07, 6.45) is 3.48. The highest BCUT2D eigenvalue weighted by atomic mass is 16.5. The maximum absolute atomic E-state index is 4.93. The topological polar surface area (TPSA) is 22.1 Å². The Morgan fingerprint density at radius 2 is 1.91 bits per heavy atom. The molecule has 1 aromatic rings. The van der Waals surface area contributed by atoms with Gasteiger partial charge in [-0.2, -0.15) is 0 Å². The standard InChI is InChI=1S/C7H9NO.C2H6/c1-6-3-7(9-2)5-8-4-6;1-2/h3-5H,1-2H3;1-2H3. The fourth-order valence-corrected chi connectivity index (χ4v) is 0.639. The molecule has 0 amide bonds. The van der Waals surface area contributed by atoms with Crippen LogP contribution >= 0.6 is 0 Å². The number of ether oxygens (including phenoxy) is 1. The summed E-state index contributed by atoms with van der Waals surface area (Å²) in [4.78, 5) is 3.93. The average Bonchev–Trinajstić information content (AvgIpc) is 2.08. The molecule has 0 unspecified atom stereocenters. The van der Waals surface area contributed by atoms with Crippen LogP contribution in [0.3, 0.4) is 0 Å². The Balaban J connectivity index is 0.000000461. The van der Waals surface area contributed by atoms with Crippen LogP contribution in [0.5, 0.6) is 5.75 Å². The highest BCUT2D eigenvalue weighted by molar-refractivity contribution is 5.21. The van der Waals surface area contributed by atoms with Gasteiger partial charge in [-0.15, -0.1) is 0 Å². The van der Waals surface area contributed by atoms with Crippen LogP contribution in [-0.4, -0.2) is 12.1 Å². The zero-order valence-corrected chi connectivity index (χ0v) is 7.59. The van der Waals surface area contributed by atoms with Crippen molar-refractivity contribution < 1.29 is 4.74 Å². The number of aryl methyl sites for hydroxylation is 1. The summed E-state index contributed by atoms with van der Waals surface area (Å²) in [6, 6.07) is 1.94. The van der Waals surface area contributed by atoms with Gasteiger partial charge in [0, 0.05) is 6.20 Å². The third-order valence-corrected chi connectivity index (χ3v) is 1.09. The number of methoxy groups -OCH3 is 1. The minimum Gasteiger partial charge on any atom is -0.495 e. The molecule has 2 nitrogen and oxygen atoms in total. The van der Waals surface area contributed by atoms with Crippen LogP contribution in [0.4, 0.5) is 0 Å². The van der Waals surface area contributed by atoms with Crippen molar-refractivity contribution in [2.24, 2.45) is 0 Å². The summed E-state index contributed by atoms with van der Waals surface area (Å²) in [7, 11) is 1.64. The predicted molar refractivity (Wildman–Crippen MR) is 46.9 cm³/mol. The number of hydrogen-bond acceptors (Lipinski definition) is 2. The van der Waals surface area contributed by atoms with Crippen molar-refractivity contribution in [2.75, 3.05) is 7.11 Å². The van der Waals surface area contributed by atoms with Crippen molar-refractivity contribution in [3.8, 4) is 5.75 Å². The van der Waals surface area contributed by atoms with Gasteiger partial charge in [-0.3, -0.25) is 4.98 Å². The van der Waals surface area contributed by atoms with E-state index in [2.05, 4.69) is 4.98 Å². The molecule has 0 aliphatic rings. The zero-order chi connectivity index (χ0) is 8.69. The summed E-state index contributed by atoms with van der Waals surface area (Å²) >= 11 is 0. The van der Waals surface area contributed by atoms with Crippen LogP contribution in [0.2, 0.25) is 0 Å². The van der Waals surface area contributed by atoms with E-state index in [-0.39, 0.29) is 0 Å². The third kappa shape index (κ3) is 3.61. The van der Waals surface area contributed by atoms with Crippen molar-refractivity contribution in [1.82, 2.24) is 4.98 Å². The van der Waals surface area contributed by atoms with Crippen LogP contribution in [0.25, 0.3) is 0 Å². The van der Waals surface area contributed by atoms with Gasteiger partial charge in [0.1, 0.15) is 5.75 Å². The number of hydrogen-bond donors (Lipinski definition) is 0. The fraction of sp³-hybridized carbons (Fsp3) is 0.444. The largest absolute Gasteiger partial charge is 0.495 e. The first-order valence-electron chi connectivity index (χ1n) is 3.78. The van der Waals surface area contributed by atoms with Gasteiger partial charge in [0.25, 0.3) is 0 Å². The molecular weight excluding hydrogens is 138 g/mol. The van der Waals surface area contributed by atoms with E-state index in [9.17, 15) is 0 Å². The Labute approximate surface area is 68.2 Å². The molecule has 0 aromatic carbocycles. The van der Waals surface area contributed by atoms with Crippen molar-refractivity contribution in [2.45, 2.75) is 20.8 Å². The molecule has 1 rings (SSSR count). The Bertz CT molecular complexity index is 199. The zero-order valence-electron chi connectivity index (χ0n) is 7.59. The van der Waals surface area contributed by atoms with E-state index in [1.54, 1.807) is 19.5 Å². The summed E-state index contributed by atoms with van der Waals surface area (Å²) in [6.45, 7) is 5.98. The molecule has 0 saturated carbocycles. The normalized spacial score (nSPS) is 8.00. The van der Waals surface area contributed by atoms with Gasteiger partial charge in [0.15, 0.2) is 0 Å². The van der Waals surface area contributed by atoms with Crippen molar-refractivity contribution >= 4 is 0 Å². The lowest BCUT2D eigenvalue weighted by Gasteiger charge is -1.97. The molecule has 11 heavy (non-hydrogen) atoms. The summed E-state index contributed by atoms with van der Waals surface area (Å²) < 4.78 is 4.93. The van der Waals surface area contributed by atoms with E-state index in [1.807, 2.05) is 26.8 Å². The van der Waals surface area contributed by atoms with E-state index < -0.39 is 0 Å². The molecule has 1 heterocycles. The first-order valence-corrected chi connectivity index (χ1v) is 3.78. The number of rotatable bonds is 1. The van der Waals surface area contributed by atoms with Crippen molar-refractivity contribution in [1.29, 1.82) is 0 Å². The molecule has 0 bridgehead atoms. The van der Waals surface area contributed by atoms with Gasteiger partial charge in [-0.25, -0.2) is 0 Å². The molecule has 0 fully saturated rings. The van der Waals surface area contributed by atoms with E-state index in [0.29, 0.717) is 0 Å². The van der Waals surface area contributed by atoms with Crippen LogP contribution in [-0.2, 0) is 0 Å². The number of aromatic nitrogens is 1. The lowest BCUT2D eigenvalue weighted by Crippen LogP contribution is -1.84. The predicted octanol–water partition coefficient (Wildman–Crippen LogP) is 2.42. The number of pyridine rings is 1. The second-order valence-corrected chi connectivity index (χ2v) is 1.90. The Morgan fingerprint density at radius 1 is 1.27 bits per heavy atom. The number of nitrogens with zero attached hydrogens (tertiary/aromatic N) is 1. The first kappa shape index (κ1) is 9.95. The summed E-state index contributed by atoms with van der Waals surface area (Å²) in [5.41, 5.74) is 1.12. The third-order valence-electron chi connectivity index (χ3n) is 1.09. The lowest BCUT2D eigenvalue weighted by molar-refractivity contribution is 0.412. The monoisotopic (exact) mass is 153 g/mol. The molecule has 0 aliphatic heterocycles. The van der Waals surface area contributed by atoms with Gasteiger partial charge < -0.3 is 4.74 Å². The molecule has 0 saturated heterocycles. The van der Waals surface area contributed by atoms with Crippen LogP contribution < -0.4 is 4.74 Å². The second kappa shape index (κ2) is 5.71. The minimum absolute atomic E-state index is 0.815. The molecule has 0 atom stereocenters. The van der Waals surface area contributed by atoms with Crippen LogP contribution in [0.15, 0.2) is 18.5 Å². The lowest BCUT2D eigenvalue weighted by atomic mass is 10.3. The molecule has 0 spiro atoms. The van der Waals surface area contributed by atoms with Crippen LogP contribution in [0.1, 0.15) is 19.4 Å². The molecular formula is C9H15NO. The van der Waals surface area contributed by atoms with Crippen LogP contribution in [0, 0.1) is 6.92 Å². The molecule has 62 valence electrons. The SMILES string of the molecule is CC.COc1cncc(C)c1. The van der Waals surface area contributed by atoms with Gasteiger partial charge in [-0.05, 0) is 18.6 Å². The molecule has 0 N–H and O–H groups in total. The van der Waals surface area contributed by atoms with E-state index in [4.69, 9.17) is 4.74 Å². The van der Waals surface area contributed by atoms with Gasteiger partial charge >= 0.3 is 0 Å². The first-order chi connectivity index (χ1) is 5.33. The smallest absolute Gasteiger partial charge is 0.137 e. The van der Waals surface area contributed by atoms with Crippen molar-refractivity contribution in [3.05, 3.63) is 24.0 Å². The Morgan fingerprint density at radius 3 is 2.27 bits per heavy atom. The second-order valence-electron chi connectivity index (χ2n) is 1.90. The van der Waals surface area contributed by atoms with E-state index in [1.165, 1.54) is 0 Å². The molecule has 1 aromatic heterocycles. The van der Waals surface area contributed by atoms with E-state index >= 15 is 0 Å². The summed E-state index contributed by atoms with van der Waals surface area (Å²) in [5, 5.41) is 0. The molecule has 0 radical (unpaired) electrons.